The van der Waals surface area contributed by atoms with Crippen LogP contribution in [-0.2, 0) is 11.2 Å². The van der Waals surface area contributed by atoms with E-state index in [2.05, 4.69) is 20.6 Å². The van der Waals surface area contributed by atoms with Crippen LogP contribution in [0.25, 0.3) is 17.1 Å². The van der Waals surface area contributed by atoms with Crippen molar-refractivity contribution < 1.29 is 23.5 Å². The van der Waals surface area contributed by atoms with E-state index in [9.17, 15) is 9.59 Å². The highest BCUT2D eigenvalue weighted by atomic mass is 16.7. The van der Waals surface area contributed by atoms with Crippen LogP contribution in [-0.4, -0.2) is 35.1 Å². The molecule has 0 saturated heterocycles. The van der Waals surface area contributed by atoms with Crippen molar-refractivity contribution in [3.05, 3.63) is 83.7 Å². The van der Waals surface area contributed by atoms with E-state index >= 15 is 0 Å². The van der Waals surface area contributed by atoms with Crippen molar-refractivity contribution >= 4 is 28.9 Å². The number of nitrogens with one attached hydrogen (secondary N) is 3. The quantitative estimate of drug-likeness (QED) is 0.377. The summed E-state index contributed by atoms with van der Waals surface area (Å²) in [6, 6.07) is 16.1. The number of carbonyl (C=O) groups is 2. The van der Waals surface area contributed by atoms with Gasteiger partial charge in [-0.2, -0.15) is 0 Å². The van der Waals surface area contributed by atoms with Crippen LogP contribution in [0.4, 0.5) is 0 Å². The van der Waals surface area contributed by atoms with Crippen molar-refractivity contribution in [3.63, 3.8) is 0 Å². The number of furan rings is 1. The molecule has 4 aromatic rings. The minimum absolute atomic E-state index is 0.0693. The molecule has 0 saturated carbocycles. The Bertz CT molecular complexity index is 1310. The van der Waals surface area contributed by atoms with E-state index in [1.54, 1.807) is 30.3 Å². The maximum Gasteiger partial charge on any atom is 0.291 e. The van der Waals surface area contributed by atoms with Gasteiger partial charge in [0.2, 0.25) is 6.79 Å². The second-order valence-electron chi connectivity index (χ2n) is 7.31. The van der Waals surface area contributed by atoms with Crippen LogP contribution in [0.5, 0.6) is 11.5 Å². The number of rotatable bonds is 7. The molecule has 166 valence electrons. The fraction of sp³-hybridized carbons (Fsp3) is 0.125. The Labute approximate surface area is 188 Å². The molecule has 0 atom stereocenters. The first-order valence-electron chi connectivity index (χ1n) is 10.3. The smallest absolute Gasteiger partial charge is 0.291 e. The summed E-state index contributed by atoms with van der Waals surface area (Å²) < 4.78 is 15.9. The highest BCUT2D eigenvalue weighted by molar-refractivity contribution is 6.04. The van der Waals surface area contributed by atoms with Crippen LogP contribution < -0.4 is 20.1 Å². The third kappa shape index (κ3) is 4.57. The highest BCUT2D eigenvalue weighted by Crippen LogP contribution is 2.33. The van der Waals surface area contributed by atoms with E-state index in [0.717, 1.165) is 16.9 Å². The average Bonchev–Trinajstić information content (AvgIpc) is 3.58. The molecule has 5 rings (SSSR count). The van der Waals surface area contributed by atoms with E-state index in [-0.39, 0.29) is 18.3 Å². The summed E-state index contributed by atoms with van der Waals surface area (Å²) >= 11 is 0. The molecular weight excluding hydrogens is 424 g/mol. The molecule has 3 N–H and O–H groups in total. The van der Waals surface area contributed by atoms with Gasteiger partial charge in [-0.05, 0) is 48.0 Å². The molecule has 9 heteroatoms. The zero-order chi connectivity index (χ0) is 22.6. The predicted octanol–water partition coefficient (Wildman–Crippen LogP) is 3.01. The molecule has 2 amide bonds. The van der Waals surface area contributed by atoms with Gasteiger partial charge in [0.25, 0.3) is 11.8 Å². The zero-order valence-corrected chi connectivity index (χ0v) is 17.5. The maximum absolute atomic E-state index is 12.9. The number of hydrogen-bond acceptors (Lipinski definition) is 6. The van der Waals surface area contributed by atoms with Crippen LogP contribution in [0.15, 0.2) is 71.0 Å². The molecule has 2 aromatic carbocycles. The zero-order valence-electron chi connectivity index (χ0n) is 17.5. The molecule has 9 nitrogen and oxygen atoms in total. The lowest BCUT2D eigenvalue weighted by atomic mass is 10.1. The first-order chi connectivity index (χ1) is 16.2. The minimum atomic E-state index is -0.528. The third-order valence-electron chi connectivity index (χ3n) is 5.03. The van der Waals surface area contributed by atoms with Gasteiger partial charge in [0.05, 0.1) is 17.3 Å². The molecule has 33 heavy (non-hydrogen) atoms. The van der Waals surface area contributed by atoms with Crippen molar-refractivity contribution in [2.75, 3.05) is 13.3 Å². The number of ether oxygens (including phenoxy) is 2. The normalized spacial score (nSPS) is 12.7. The Morgan fingerprint density at radius 3 is 2.79 bits per heavy atom. The van der Waals surface area contributed by atoms with Crippen LogP contribution in [0, 0.1) is 0 Å². The fourth-order valence-corrected chi connectivity index (χ4v) is 3.43. The van der Waals surface area contributed by atoms with Crippen LogP contribution in [0.3, 0.4) is 0 Å². The summed E-state index contributed by atoms with van der Waals surface area (Å²) in [6.45, 7) is 0.473. The lowest BCUT2D eigenvalue weighted by molar-refractivity contribution is -0.117. The van der Waals surface area contributed by atoms with Gasteiger partial charge in [0, 0.05) is 13.0 Å². The van der Waals surface area contributed by atoms with Crippen LogP contribution >= 0.6 is 0 Å². The van der Waals surface area contributed by atoms with Gasteiger partial charge < -0.3 is 29.5 Å². The monoisotopic (exact) mass is 444 g/mol. The van der Waals surface area contributed by atoms with Crippen molar-refractivity contribution in [2.24, 2.45) is 0 Å². The number of nitrogens with zero attached hydrogens (tertiary/aromatic N) is 1. The molecule has 0 radical (unpaired) electrons. The fourth-order valence-electron chi connectivity index (χ4n) is 3.43. The van der Waals surface area contributed by atoms with Crippen molar-refractivity contribution in [3.8, 4) is 11.5 Å². The Morgan fingerprint density at radius 1 is 1.06 bits per heavy atom. The standard InChI is InChI=1S/C24H20N4O5/c29-23(25-10-9-22-26-16-4-1-2-5-17(16)27-22)18(28-24(30)20-6-3-11-31-20)12-15-7-8-19-21(13-15)33-14-32-19/h1-8,11-13H,9-10,14H2,(H,25,29)(H,26,27)(H,28,30)/b18-12-. The topological polar surface area (TPSA) is 118 Å². The largest absolute Gasteiger partial charge is 0.459 e. The SMILES string of the molecule is O=C(NCCc1nc2ccccc2[nH]1)/C(=C/c1ccc2c(c1)OCO2)NC(=O)c1ccco1. The van der Waals surface area contributed by atoms with Crippen molar-refractivity contribution in [1.82, 2.24) is 20.6 Å². The number of H-pyrrole nitrogens is 1. The number of para-hydroxylation sites is 2. The van der Waals surface area contributed by atoms with E-state index in [4.69, 9.17) is 13.9 Å². The maximum atomic E-state index is 12.9. The predicted molar refractivity (Wildman–Crippen MR) is 120 cm³/mol. The Hall–Kier alpha value is -4.53. The molecule has 0 bridgehead atoms. The van der Waals surface area contributed by atoms with E-state index in [0.29, 0.717) is 30.0 Å². The molecule has 2 aromatic heterocycles. The van der Waals surface area contributed by atoms with Gasteiger partial charge in [0.1, 0.15) is 11.5 Å². The summed E-state index contributed by atoms with van der Waals surface area (Å²) in [5, 5.41) is 5.46. The highest BCUT2D eigenvalue weighted by Gasteiger charge is 2.18. The number of fused-ring (bicyclic) bond motifs is 2. The van der Waals surface area contributed by atoms with Gasteiger partial charge in [-0.15, -0.1) is 0 Å². The number of amides is 2. The molecule has 0 aliphatic carbocycles. The van der Waals surface area contributed by atoms with Gasteiger partial charge in [-0.1, -0.05) is 18.2 Å². The first-order valence-corrected chi connectivity index (χ1v) is 10.3. The van der Waals surface area contributed by atoms with Gasteiger partial charge >= 0.3 is 0 Å². The Morgan fingerprint density at radius 2 is 1.94 bits per heavy atom. The van der Waals surface area contributed by atoms with Gasteiger partial charge in [-0.3, -0.25) is 9.59 Å². The number of aromatic amines is 1. The molecule has 0 fully saturated rings. The summed E-state index contributed by atoms with van der Waals surface area (Å²) in [6.07, 6.45) is 3.47. The molecule has 1 aliphatic rings. The van der Waals surface area contributed by atoms with Crippen LogP contribution in [0.1, 0.15) is 21.9 Å². The van der Waals surface area contributed by atoms with Crippen molar-refractivity contribution in [1.29, 1.82) is 0 Å². The molecule has 0 spiro atoms. The lowest BCUT2D eigenvalue weighted by Crippen LogP contribution is -2.35. The Balaban J connectivity index is 1.31. The summed E-state index contributed by atoms with van der Waals surface area (Å²) in [7, 11) is 0. The number of aromatic nitrogens is 2. The van der Waals surface area contributed by atoms with Crippen molar-refractivity contribution in [2.45, 2.75) is 6.42 Å². The molecular formula is C24H20N4O5. The molecule has 3 heterocycles. The lowest BCUT2D eigenvalue weighted by Gasteiger charge is -2.10. The first kappa shape index (κ1) is 20.4. The number of benzene rings is 2. The van der Waals surface area contributed by atoms with E-state index in [1.165, 1.54) is 12.3 Å². The summed E-state index contributed by atoms with van der Waals surface area (Å²) in [5.41, 5.74) is 2.54. The summed E-state index contributed by atoms with van der Waals surface area (Å²) in [5.74, 6) is 1.09. The van der Waals surface area contributed by atoms with Crippen LogP contribution in [0.2, 0.25) is 0 Å². The average molecular weight is 444 g/mol. The second kappa shape index (κ2) is 8.91. The van der Waals surface area contributed by atoms with Gasteiger partial charge in [0.15, 0.2) is 17.3 Å². The molecule has 0 unspecified atom stereocenters. The minimum Gasteiger partial charge on any atom is -0.459 e. The third-order valence-corrected chi connectivity index (χ3v) is 5.03. The number of hydrogen-bond donors (Lipinski definition) is 3. The Kier molecular flexibility index (Phi) is 5.50. The van der Waals surface area contributed by atoms with Gasteiger partial charge in [-0.25, -0.2) is 4.98 Å². The van der Waals surface area contributed by atoms with E-state index in [1.807, 2.05) is 24.3 Å². The summed E-state index contributed by atoms with van der Waals surface area (Å²) in [4.78, 5) is 33.2. The van der Waals surface area contributed by atoms with E-state index < -0.39 is 11.8 Å². The number of imidazole rings is 1. The number of carbonyl (C=O) groups excluding carboxylic acids is 2. The molecule has 1 aliphatic heterocycles. The second-order valence-corrected chi connectivity index (χ2v) is 7.31.